The molecule has 0 aliphatic carbocycles. The van der Waals surface area contributed by atoms with Crippen LogP contribution in [0.4, 0.5) is 5.69 Å². The summed E-state index contributed by atoms with van der Waals surface area (Å²) in [5, 5.41) is 3.15. The Kier molecular flexibility index (Phi) is 3.92. The highest BCUT2D eigenvalue weighted by Crippen LogP contribution is 2.23. The zero-order valence-corrected chi connectivity index (χ0v) is 11.7. The van der Waals surface area contributed by atoms with Crippen molar-refractivity contribution in [2.24, 2.45) is 0 Å². The lowest BCUT2D eigenvalue weighted by atomic mass is 10.1. The zero-order valence-electron chi connectivity index (χ0n) is 10.9. The Morgan fingerprint density at radius 3 is 2.61 bits per heavy atom. The predicted octanol–water partition coefficient (Wildman–Crippen LogP) is 1.38. The molecule has 1 N–H and O–H groups in total. The summed E-state index contributed by atoms with van der Waals surface area (Å²) in [6.45, 7) is 5.23. The van der Waals surface area contributed by atoms with Gasteiger partial charge in [-0.05, 0) is 31.0 Å². The van der Waals surface area contributed by atoms with Gasteiger partial charge in [-0.15, -0.1) is 0 Å². The van der Waals surface area contributed by atoms with E-state index in [0.717, 1.165) is 12.1 Å². The minimum Gasteiger partial charge on any atom is -0.314 e. The van der Waals surface area contributed by atoms with Gasteiger partial charge < -0.3 is 5.32 Å². The Bertz CT molecular complexity index is 496. The number of nitrogens with zero attached hydrogens (tertiary/aromatic N) is 1. The van der Waals surface area contributed by atoms with E-state index in [4.69, 9.17) is 0 Å². The van der Waals surface area contributed by atoms with Gasteiger partial charge in [0.2, 0.25) is 10.0 Å². The van der Waals surface area contributed by atoms with Crippen LogP contribution in [0.25, 0.3) is 0 Å². The first-order chi connectivity index (χ1) is 8.54. The van der Waals surface area contributed by atoms with Crippen molar-refractivity contribution in [1.29, 1.82) is 0 Å². The maximum absolute atomic E-state index is 12.3. The van der Waals surface area contributed by atoms with Gasteiger partial charge in [0.1, 0.15) is 0 Å². The highest BCUT2D eigenvalue weighted by Gasteiger charge is 2.29. The Morgan fingerprint density at radius 2 is 2.00 bits per heavy atom. The number of benzene rings is 1. The molecule has 0 amide bonds. The van der Waals surface area contributed by atoms with Crippen LogP contribution in [-0.2, 0) is 16.4 Å². The van der Waals surface area contributed by atoms with Crippen molar-refractivity contribution in [2.75, 3.05) is 23.1 Å². The van der Waals surface area contributed by atoms with E-state index in [1.807, 2.05) is 31.2 Å². The summed E-state index contributed by atoms with van der Waals surface area (Å²) < 4.78 is 26.1. The van der Waals surface area contributed by atoms with Gasteiger partial charge in [-0.25, -0.2) is 8.42 Å². The van der Waals surface area contributed by atoms with Crippen molar-refractivity contribution >= 4 is 15.7 Å². The van der Waals surface area contributed by atoms with Gasteiger partial charge in [-0.2, -0.15) is 0 Å². The second-order valence-corrected chi connectivity index (χ2v) is 6.65. The molecule has 1 heterocycles. The topological polar surface area (TPSA) is 49.4 Å². The predicted molar refractivity (Wildman–Crippen MR) is 74.4 cm³/mol. The fourth-order valence-corrected chi connectivity index (χ4v) is 3.93. The van der Waals surface area contributed by atoms with Crippen LogP contribution in [0.5, 0.6) is 0 Å². The maximum Gasteiger partial charge on any atom is 0.236 e. The molecule has 1 saturated heterocycles. The van der Waals surface area contributed by atoms with Crippen LogP contribution in [0.2, 0.25) is 0 Å². The molecular weight excluding hydrogens is 248 g/mol. The molecule has 1 aliphatic heterocycles. The number of rotatable bonds is 2. The van der Waals surface area contributed by atoms with Crippen molar-refractivity contribution in [2.45, 2.75) is 26.3 Å². The van der Waals surface area contributed by atoms with Crippen LogP contribution in [0.15, 0.2) is 24.3 Å². The van der Waals surface area contributed by atoms with E-state index in [9.17, 15) is 8.42 Å². The Morgan fingerprint density at radius 1 is 1.33 bits per heavy atom. The van der Waals surface area contributed by atoms with Gasteiger partial charge in [-0.1, -0.05) is 19.1 Å². The Labute approximate surface area is 109 Å². The van der Waals surface area contributed by atoms with Gasteiger partial charge in [0.15, 0.2) is 0 Å². The van der Waals surface area contributed by atoms with E-state index in [0.29, 0.717) is 13.1 Å². The second-order valence-electron chi connectivity index (χ2n) is 4.68. The van der Waals surface area contributed by atoms with Crippen molar-refractivity contribution in [3.8, 4) is 0 Å². The molecule has 1 aromatic carbocycles. The third kappa shape index (κ3) is 2.67. The van der Waals surface area contributed by atoms with E-state index in [-0.39, 0.29) is 11.8 Å². The van der Waals surface area contributed by atoms with E-state index >= 15 is 0 Å². The van der Waals surface area contributed by atoms with E-state index in [1.54, 1.807) is 4.31 Å². The lowest BCUT2D eigenvalue weighted by Gasteiger charge is -2.28. The molecule has 0 radical (unpaired) electrons. The van der Waals surface area contributed by atoms with Crippen LogP contribution in [-0.4, -0.2) is 33.3 Å². The van der Waals surface area contributed by atoms with E-state index < -0.39 is 10.0 Å². The molecule has 100 valence electrons. The largest absolute Gasteiger partial charge is 0.314 e. The van der Waals surface area contributed by atoms with Crippen LogP contribution >= 0.6 is 0 Å². The molecule has 1 aliphatic rings. The van der Waals surface area contributed by atoms with Gasteiger partial charge in [0.25, 0.3) is 0 Å². The third-order valence-electron chi connectivity index (χ3n) is 3.28. The fraction of sp³-hybridized carbons (Fsp3) is 0.538. The highest BCUT2D eigenvalue weighted by molar-refractivity contribution is 7.92. The van der Waals surface area contributed by atoms with Gasteiger partial charge in [0.05, 0.1) is 17.5 Å². The minimum atomic E-state index is -3.21. The fourth-order valence-electron chi connectivity index (χ4n) is 2.26. The van der Waals surface area contributed by atoms with E-state index in [1.165, 1.54) is 5.56 Å². The summed E-state index contributed by atoms with van der Waals surface area (Å²) >= 11 is 0. The molecule has 0 bridgehead atoms. The summed E-state index contributed by atoms with van der Waals surface area (Å²) in [5.41, 5.74) is 1.99. The van der Waals surface area contributed by atoms with Crippen molar-refractivity contribution in [3.63, 3.8) is 0 Å². The lowest BCUT2D eigenvalue weighted by molar-refractivity contribution is 0.586. The number of hydrogen-bond acceptors (Lipinski definition) is 3. The Hall–Kier alpha value is -1.07. The molecule has 18 heavy (non-hydrogen) atoms. The molecule has 1 unspecified atom stereocenters. The molecule has 1 fully saturated rings. The van der Waals surface area contributed by atoms with Gasteiger partial charge in [-0.3, -0.25) is 4.31 Å². The van der Waals surface area contributed by atoms with Gasteiger partial charge in [0, 0.05) is 13.1 Å². The first kappa shape index (κ1) is 13.4. The summed E-state index contributed by atoms with van der Waals surface area (Å²) in [6, 6.07) is 7.74. The van der Waals surface area contributed by atoms with Crippen molar-refractivity contribution < 1.29 is 8.42 Å². The zero-order chi connectivity index (χ0) is 13.2. The second kappa shape index (κ2) is 5.28. The van der Waals surface area contributed by atoms with Crippen LogP contribution in [0.3, 0.4) is 0 Å². The minimum absolute atomic E-state index is 0.0509. The quantitative estimate of drug-likeness (QED) is 0.881. The smallest absolute Gasteiger partial charge is 0.236 e. The summed E-state index contributed by atoms with van der Waals surface area (Å²) in [4.78, 5) is 0. The number of anilines is 1. The molecule has 4 nitrogen and oxygen atoms in total. The van der Waals surface area contributed by atoms with Crippen molar-refractivity contribution in [1.82, 2.24) is 5.32 Å². The first-order valence-electron chi connectivity index (χ1n) is 6.36. The summed E-state index contributed by atoms with van der Waals surface area (Å²) in [6.07, 6.45) is 0.962. The number of aryl methyl sites for hydroxylation is 1. The molecule has 5 heteroatoms. The summed E-state index contributed by atoms with van der Waals surface area (Å²) in [5.74, 6) is 0.160. The molecular formula is C13H20N2O2S. The standard InChI is InChI=1S/C13H20N2O2S/c1-3-12-4-6-13(7-5-12)15-11(2)10-14-8-9-18(15,16)17/h4-7,11,14H,3,8-10H2,1-2H3. The normalized spacial score (nSPS) is 23.7. The summed E-state index contributed by atoms with van der Waals surface area (Å²) in [7, 11) is -3.21. The first-order valence-corrected chi connectivity index (χ1v) is 7.97. The van der Waals surface area contributed by atoms with Crippen LogP contribution in [0.1, 0.15) is 19.4 Å². The van der Waals surface area contributed by atoms with Crippen molar-refractivity contribution in [3.05, 3.63) is 29.8 Å². The third-order valence-corrected chi connectivity index (χ3v) is 5.17. The maximum atomic E-state index is 12.3. The molecule has 1 atom stereocenters. The SMILES string of the molecule is CCc1ccc(N2C(C)CNCCS2(=O)=O)cc1. The van der Waals surface area contributed by atoms with E-state index in [2.05, 4.69) is 12.2 Å². The lowest BCUT2D eigenvalue weighted by Crippen LogP contribution is -2.41. The number of nitrogens with one attached hydrogen (secondary N) is 1. The number of sulfonamides is 1. The molecule has 0 saturated carbocycles. The number of hydrogen-bond donors (Lipinski definition) is 1. The molecule has 0 aromatic heterocycles. The average molecular weight is 268 g/mol. The monoisotopic (exact) mass is 268 g/mol. The molecule has 0 spiro atoms. The Balaban J connectivity index is 2.37. The average Bonchev–Trinajstić information content (AvgIpc) is 2.48. The van der Waals surface area contributed by atoms with Crippen LogP contribution in [0, 0.1) is 0 Å². The molecule has 1 aromatic rings. The van der Waals surface area contributed by atoms with Crippen LogP contribution < -0.4 is 9.62 Å². The van der Waals surface area contributed by atoms with Gasteiger partial charge >= 0.3 is 0 Å². The highest BCUT2D eigenvalue weighted by atomic mass is 32.2. The molecule has 2 rings (SSSR count).